The van der Waals surface area contributed by atoms with Gasteiger partial charge in [0.15, 0.2) is 0 Å². The SMILES string of the molecule is OCC1CC(O)CCN1CCCCCOCc1ccc(-c2ccc(Cl)cc2)cc1. The van der Waals surface area contributed by atoms with E-state index in [1.54, 1.807) is 0 Å². The lowest BCUT2D eigenvalue weighted by molar-refractivity contribution is 0.0160. The van der Waals surface area contributed by atoms with E-state index in [2.05, 4.69) is 29.2 Å². The third kappa shape index (κ3) is 7.09. The van der Waals surface area contributed by atoms with Crippen LogP contribution in [-0.4, -0.2) is 53.6 Å². The Hall–Kier alpha value is -1.43. The van der Waals surface area contributed by atoms with Crippen LogP contribution in [0.1, 0.15) is 37.7 Å². The molecule has 2 aromatic rings. The number of rotatable bonds is 10. The molecule has 4 nitrogen and oxygen atoms in total. The average Bonchev–Trinajstić information content (AvgIpc) is 2.75. The first kappa shape index (κ1) is 22.3. The summed E-state index contributed by atoms with van der Waals surface area (Å²) in [5, 5.41) is 19.9. The van der Waals surface area contributed by atoms with Crippen LogP contribution in [0.3, 0.4) is 0 Å². The Morgan fingerprint density at radius 2 is 1.66 bits per heavy atom. The molecule has 2 aromatic carbocycles. The van der Waals surface area contributed by atoms with Crippen LogP contribution in [0, 0.1) is 0 Å². The minimum Gasteiger partial charge on any atom is -0.395 e. The van der Waals surface area contributed by atoms with E-state index in [0.29, 0.717) is 13.0 Å². The van der Waals surface area contributed by atoms with Crippen molar-refractivity contribution in [1.82, 2.24) is 4.90 Å². The number of nitrogens with zero attached hydrogens (tertiary/aromatic N) is 1. The van der Waals surface area contributed by atoms with E-state index in [9.17, 15) is 10.2 Å². The maximum atomic E-state index is 9.72. The van der Waals surface area contributed by atoms with E-state index >= 15 is 0 Å². The zero-order valence-corrected chi connectivity index (χ0v) is 17.7. The van der Waals surface area contributed by atoms with Crippen LogP contribution in [-0.2, 0) is 11.3 Å². The molecule has 1 heterocycles. The summed E-state index contributed by atoms with van der Waals surface area (Å²) >= 11 is 5.95. The van der Waals surface area contributed by atoms with Gasteiger partial charge in [-0.05, 0) is 67.5 Å². The molecule has 2 atom stereocenters. The molecule has 3 rings (SSSR count). The molecule has 29 heavy (non-hydrogen) atoms. The van der Waals surface area contributed by atoms with Crippen molar-refractivity contribution < 1.29 is 14.9 Å². The van der Waals surface area contributed by atoms with Crippen LogP contribution in [0.4, 0.5) is 0 Å². The van der Waals surface area contributed by atoms with E-state index in [1.807, 2.05) is 24.3 Å². The topological polar surface area (TPSA) is 52.9 Å². The van der Waals surface area contributed by atoms with Gasteiger partial charge in [0.1, 0.15) is 0 Å². The lowest BCUT2D eigenvalue weighted by Gasteiger charge is -2.36. The van der Waals surface area contributed by atoms with Gasteiger partial charge in [-0.2, -0.15) is 0 Å². The van der Waals surface area contributed by atoms with Crippen molar-refractivity contribution in [3.8, 4) is 11.1 Å². The quantitative estimate of drug-likeness (QED) is 0.558. The molecule has 2 N–H and O–H groups in total. The summed E-state index contributed by atoms with van der Waals surface area (Å²) in [6.45, 7) is 3.41. The number of aliphatic hydroxyl groups excluding tert-OH is 2. The van der Waals surface area contributed by atoms with Crippen molar-refractivity contribution in [3.63, 3.8) is 0 Å². The Bertz CT molecular complexity index is 720. The van der Waals surface area contributed by atoms with Crippen LogP contribution in [0.15, 0.2) is 48.5 Å². The number of halogens is 1. The van der Waals surface area contributed by atoms with Crippen LogP contribution in [0.2, 0.25) is 5.02 Å². The Morgan fingerprint density at radius 1 is 0.966 bits per heavy atom. The van der Waals surface area contributed by atoms with Gasteiger partial charge in [0.2, 0.25) is 0 Å². The molecule has 0 spiro atoms. The van der Waals surface area contributed by atoms with E-state index in [0.717, 1.165) is 56.0 Å². The van der Waals surface area contributed by atoms with E-state index in [1.165, 1.54) is 11.1 Å². The fourth-order valence-corrected chi connectivity index (χ4v) is 4.01. The highest BCUT2D eigenvalue weighted by Crippen LogP contribution is 2.22. The van der Waals surface area contributed by atoms with Gasteiger partial charge in [-0.3, -0.25) is 4.90 Å². The van der Waals surface area contributed by atoms with Gasteiger partial charge in [-0.25, -0.2) is 0 Å². The van der Waals surface area contributed by atoms with Gasteiger partial charge in [0, 0.05) is 24.2 Å². The Labute approximate surface area is 179 Å². The molecule has 0 saturated carbocycles. The Balaban J connectivity index is 1.29. The first-order valence-corrected chi connectivity index (χ1v) is 11.0. The highest BCUT2D eigenvalue weighted by atomic mass is 35.5. The zero-order chi connectivity index (χ0) is 20.5. The minimum absolute atomic E-state index is 0.117. The second-order valence-corrected chi connectivity index (χ2v) is 8.30. The number of likely N-dealkylation sites (tertiary alicyclic amines) is 1. The van der Waals surface area contributed by atoms with Crippen molar-refractivity contribution in [2.75, 3.05) is 26.3 Å². The molecule has 0 aliphatic carbocycles. The number of aliphatic hydroxyl groups is 2. The van der Waals surface area contributed by atoms with Gasteiger partial charge in [0.25, 0.3) is 0 Å². The van der Waals surface area contributed by atoms with E-state index < -0.39 is 0 Å². The molecule has 1 aliphatic heterocycles. The highest BCUT2D eigenvalue weighted by Gasteiger charge is 2.26. The lowest BCUT2D eigenvalue weighted by Crippen LogP contribution is -2.46. The van der Waals surface area contributed by atoms with Crippen molar-refractivity contribution in [2.45, 2.75) is 50.9 Å². The number of piperidine rings is 1. The molecule has 5 heteroatoms. The monoisotopic (exact) mass is 417 g/mol. The van der Waals surface area contributed by atoms with Crippen molar-refractivity contribution in [2.24, 2.45) is 0 Å². The van der Waals surface area contributed by atoms with Crippen molar-refractivity contribution in [3.05, 3.63) is 59.1 Å². The van der Waals surface area contributed by atoms with Crippen LogP contribution in [0.5, 0.6) is 0 Å². The molecule has 158 valence electrons. The normalized spacial score (nSPS) is 20.1. The summed E-state index contributed by atoms with van der Waals surface area (Å²) in [4.78, 5) is 2.32. The third-order valence-electron chi connectivity index (χ3n) is 5.66. The number of hydrogen-bond donors (Lipinski definition) is 2. The smallest absolute Gasteiger partial charge is 0.0716 e. The summed E-state index contributed by atoms with van der Waals surface area (Å²) in [5.41, 5.74) is 3.52. The van der Waals surface area contributed by atoms with E-state index in [-0.39, 0.29) is 18.8 Å². The average molecular weight is 418 g/mol. The predicted octanol–water partition coefficient (Wildman–Crippen LogP) is 4.51. The zero-order valence-electron chi connectivity index (χ0n) is 17.0. The third-order valence-corrected chi connectivity index (χ3v) is 5.91. The second-order valence-electron chi connectivity index (χ2n) is 7.87. The number of ether oxygens (including phenoxy) is 1. The van der Waals surface area contributed by atoms with Gasteiger partial charge in [-0.15, -0.1) is 0 Å². The number of unbranched alkanes of at least 4 members (excludes halogenated alkanes) is 2. The molecule has 1 aliphatic rings. The largest absolute Gasteiger partial charge is 0.395 e. The first-order valence-electron chi connectivity index (χ1n) is 10.6. The number of benzene rings is 2. The maximum Gasteiger partial charge on any atom is 0.0716 e. The van der Waals surface area contributed by atoms with Gasteiger partial charge < -0.3 is 14.9 Å². The molecule has 1 fully saturated rings. The van der Waals surface area contributed by atoms with Gasteiger partial charge in [-0.1, -0.05) is 48.0 Å². The summed E-state index contributed by atoms with van der Waals surface area (Å²) in [7, 11) is 0. The summed E-state index contributed by atoms with van der Waals surface area (Å²) in [6.07, 6.45) is 4.52. The molecule has 0 bridgehead atoms. The number of hydrogen-bond acceptors (Lipinski definition) is 4. The van der Waals surface area contributed by atoms with E-state index in [4.69, 9.17) is 16.3 Å². The first-order chi connectivity index (χ1) is 14.2. The van der Waals surface area contributed by atoms with Crippen molar-refractivity contribution in [1.29, 1.82) is 0 Å². The second kappa shape index (κ2) is 11.7. The molecule has 0 aromatic heterocycles. The fourth-order valence-electron chi connectivity index (χ4n) is 3.88. The summed E-state index contributed by atoms with van der Waals surface area (Å²) in [5.74, 6) is 0. The summed E-state index contributed by atoms with van der Waals surface area (Å²) in [6, 6.07) is 16.5. The van der Waals surface area contributed by atoms with Crippen LogP contribution in [0.25, 0.3) is 11.1 Å². The lowest BCUT2D eigenvalue weighted by atomic mass is 9.99. The molecule has 2 unspecified atom stereocenters. The molecule has 1 saturated heterocycles. The predicted molar refractivity (Wildman–Crippen MR) is 118 cm³/mol. The van der Waals surface area contributed by atoms with Gasteiger partial charge in [0.05, 0.1) is 19.3 Å². The highest BCUT2D eigenvalue weighted by molar-refractivity contribution is 6.30. The standard InChI is InChI=1S/C24H32ClNO3/c25-22-10-8-21(9-11-22)20-6-4-19(5-7-20)18-29-15-3-1-2-13-26-14-12-24(28)16-23(26)17-27/h4-11,23-24,27-28H,1-3,12-18H2. The maximum absolute atomic E-state index is 9.72. The minimum atomic E-state index is -0.253. The molecular weight excluding hydrogens is 386 g/mol. The van der Waals surface area contributed by atoms with Crippen molar-refractivity contribution >= 4 is 11.6 Å². The van der Waals surface area contributed by atoms with Crippen LogP contribution < -0.4 is 0 Å². The fraction of sp³-hybridized carbons (Fsp3) is 0.500. The van der Waals surface area contributed by atoms with Crippen LogP contribution >= 0.6 is 11.6 Å². The Kier molecular flexibility index (Phi) is 8.96. The Morgan fingerprint density at radius 3 is 2.34 bits per heavy atom. The molecule has 0 amide bonds. The molecular formula is C24H32ClNO3. The molecule has 0 radical (unpaired) electrons. The van der Waals surface area contributed by atoms with Gasteiger partial charge >= 0.3 is 0 Å². The summed E-state index contributed by atoms with van der Waals surface area (Å²) < 4.78 is 5.83.